The van der Waals surface area contributed by atoms with E-state index >= 15 is 0 Å². The quantitative estimate of drug-likeness (QED) is 0.652. The number of rotatable bonds is 6. The van der Waals surface area contributed by atoms with Crippen molar-refractivity contribution in [3.8, 4) is 11.5 Å². The number of sulfonamides is 1. The highest BCUT2D eigenvalue weighted by molar-refractivity contribution is 7.89. The van der Waals surface area contributed by atoms with Crippen LogP contribution in [0.3, 0.4) is 0 Å². The van der Waals surface area contributed by atoms with Crippen LogP contribution in [0, 0.1) is 0 Å². The Morgan fingerprint density at radius 2 is 1.50 bits per heavy atom. The van der Waals surface area contributed by atoms with Crippen LogP contribution < -0.4 is 9.47 Å². The van der Waals surface area contributed by atoms with Gasteiger partial charge in [0.05, 0.1) is 37.4 Å². The maximum Gasteiger partial charge on any atom is 0.243 e. The average molecular weight is 442 g/mol. The van der Waals surface area contributed by atoms with Gasteiger partial charge in [0, 0.05) is 64.8 Å². The Morgan fingerprint density at radius 1 is 0.867 bits per heavy atom. The van der Waals surface area contributed by atoms with Gasteiger partial charge in [-0.1, -0.05) is 0 Å². The van der Waals surface area contributed by atoms with Crippen LogP contribution in [0.4, 0.5) is 0 Å². The van der Waals surface area contributed by atoms with E-state index in [0.29, 0.717) is 77.2 Å². The highest BCUT2D eigenvalue weighted by Crippen LogP contribution is 2.33. The number of benzene rings is 1. The van der Waals surface area contributed by atoms with Crippen LogP contribution in [0.1, 0.15) is 6.42 Å². The molecule has 3 aliphatic heterocycles. The summed E-state index contributed by atoms with van der Waals surface area (Å²) < 4.78 is 44.3. The van der Waals surface area contributed by atoms with E-state index in [0.717, 1.165) is 19.5 Å². The lowest BCUT2D eigenvalue weighted by Crippen LogP contribution is -2.52. The highest BCUT2D eigenvalue weighted by atomic mass is 32.2. The molecule has 0 amide bonds. The highest BCUT2D eigenvalue weighted by Gasteiger charge is 2.30. The minimum atomic E-state index is -3.60. The molecule has 1 atom stereocenters. The Hall–Kier alpha value is -1.43. The number of piperazine rings is 1. The van der Waals surface area contributed by atoms with Crippen molar-refractivity contribution in [2.24, 2.45) is 0 Å². The van der Waals surface area contributed by atoms with Gasteiger partial charge >= 0.3 is 0 Å². The molecule has 0 spiro atoms. The zero-order valence-corrected chi connectivity index (χ0v) is 18.1. The van der Waals surface area contributed by atoms with Gasteiger partial charge < -0.3 is 19.3 Å². The lowest BCUT2D eigenvalue weighted by atomic mass is 10.2. The fourth-order valence-corrected chi connectivity index (χ4v) is 5.48. The molecule has 4 rings (SSSR count). The molecule has 1 N–H and O–H groups in total. The molecule has 3 heterocycles. The van der Waals surface area contributed by atoms with Crippen LogP contribution in [0.2, 0.25) is 0 Å². The van der Waals surface area contributed by atoms with E-state index < -0.39 is 16.1 Å². The summed E-state index contributed by atoms with van der Waals surface area (Å²) >= 11 is 0. The van der Waals surface area contributed by atoms with Crippen LogP contribution in [-0.4, -0.2) is 113 Å². The number of morpholine rings is 1. The summed E-state index contributed by atoms with van der Waals surface area (Å²) in [4.78, 5) is 4.57. The van der Waals surface area contributed by atoms with E-state index in [1.54, 1.807) is 18.2 Å². The predicted octanol–water partition coefficient (Wildman–Crippen LogP) is -0.153. The van der Waals surface area contributed by atoms with Crippen molar-refractivity contribution in [2.75, 3.05) is 78.8 Å². The Morgan fingerprint density at radius 3 is 2.20 bits per heavy atom. The zero-order chi connectivity index (χ0) is 21.0. The maximum atomic E-state index is 13.1. The molecule has 9 nitrogen and oxygen atoms in total. The lowest BCUT2D eigenvalue weighted by molar-refractivity contribution is 0.00469. The van der Waals surface area contributed by atoms with Gasteiger partial charge in [-0.2, -0.15) is 4.31 Å². The summed E-state index contributed by atoms with van der Waals surface area (Å²) in [6, 6.07) is 4.82. The van der Waals surface area contributed by atoms with Gasteiger partial charge in [-0.05, 0) is 12.1 Å². The molecule has 3 aliphatic rings. The number of nitrogens with zero attached hydrogens (tertiary/aromatic N) is 3. The van der Waals surface area contributed by atoms with E-state index in [2.05, 4.69) is 9.80 Å². The predicted molar refractivity (Wildman–Crippen MR) is 111 cm³/mol. The SMILES string of the molecule is O=S(=O)(c1ccc2c(c1)OCCCO2)N1CCN(C[C@H](O)CN2CCOCC2)CC1. The van der Waals surface area contributed by atoms with Gasteiger partial charge in [0.1, 0.15) is 0 Å². The number of hydrogen-bond acceptors (Lipinski definition) is 8. The van der Waals surface area contributed by atoms with E-state index in [-0.39, 0.29) is 4.90 Å². The molecule has 0 aromatic heterocycles. The van der Waals surface area contributed by atoms with Crippen LogP contribution in [-0.2, 0) is 14.8 Å². The summed E-state index contributed by atoms with van der Waals surface area (Å²) in [5.74, 6) is 1.07. The fourth-order valence-electron chi connectivity index (χ4n) is 4.04. The van der Waals surface area contributed by atoms with Gasteiger partial charge in [-0.3, -0.25) is 9.80 Å². The van der Waals surface area contributed by atoms with Crippen molar-refractivity contribution < 1.29 is 27.7 Å². The van der Waals surface area contributed by atoms with Gasteiger partial charge in [-0.15, -0.1) is 0 Å². The average Bonchev–Trinajstić information content (AvgIpc) is 2.99. The first-order chi connectivity index (χ1) is 14.5. The number of aliphatic hydroxyl groups excluding tert-OH is 1. The molecule has 168 valence electrons. The van der Waals surface area contributed by atoms with Crippen molar-refractivity contribution >= 4 is 10.0 Å². The van der Waals surface area contributed by atoms with Crippen molar-refractivity contribution in [2.45, 2.75) is 17.4 Å². The molecular formula is C20H31N3O6S. The number of ether oxygens (including phenoxy) is 3. The number of β-amino-alcohol motifs (C(OH)–C–C–N with tert-alkyl or cyclic N) is 1. The van der Waals surface area contributed by atoms with E-state index in [1.807, 2.05) is 0 Å². The van der Waals surface area contributed by atoms with Gasteiger partial charge in [-0.25, -0.2) is 8.42 Å². The van der Waals surface area contributed by atoms with Gasteiger partial charge in [0.15, 0.2) is 11.5 Å². The van der Waals surface area contributed by atoms with E-state index in [1.165, 1.54) is 4.31 Å². The Balaban J connectivity index is 1.31. The molecule has 10 heteroatoms. The van der Waals surface area contributed by atoms with Crippen molar-refractivity contribution in [1.29, 1.82) is 0 Å². The topological polar surface area (TPSA) is 91.8 Å². The molecule has 0 aliphatic carbocycles. The van der Waals surface area contributed by atoms with Crippen LogP contribution >= 0.6 is 0 Å². The third-order valence-corrected chi connectivity index (χ3v) is 7.62. The standard InChI is InChI=1S/C20H31N3O6S/c24-17(16-22-8-12-27-13-9-22)15-21-4-6-23(7-5-21)30(25,26)18-2-3-19-20(14-18)29-11-1-10-28-19/h2-3,14,17,24H,1,4-13,15-16H2/t17-/m0/s1. The third kappa shape index (κ3) is 5.24. The minimum absolute atomic E-state index is 0.229. The monoisotopic (exact) mass is 441 g/mol. The lowest BCUT2D eigenvalue weighted by Gasteiger charge is -2.36. The first kappa shape index (κ1) is 21.8. The second kappa shape index (κ2) is 9.80. The zero-order valence-electron chi connectivity index (χ0n) is 17.2. The third-order valence-electron chi connectivity index (χ3n) is 5.73. The number of fused-ring (bicyclic) bond motifs is 1. The summed E-state index contributed by atoms with van der Waals surface area (Å²) in [6.07, 6.45) is 0.323. The Bertz CT molecular complexity index is 807. The molecule has 0 saturated carbocycles. The van der Waals surface area contributed by atoms with E-state index in [9.17, 15) is 13.5 Å². The summed E-state index contributed by atoms with van der Waals surface area (Å²) in [6.45, 7) is 7.38. The molecule has 0 bridgehead atoms. The second-order valence-electron chi connectivity index (χ2n) is 7.93. The first-order valence-electron chi connectivity index (χ1n) is 10.6. The summed E-state index contributed by atoms with van der Waals surface area (Å²) in [5.41, 5.74) is 0. The summed E-state index contributed by atoms with van der Waals surface area (Å²) in [7, 11) is -3.60. The first-order valence-corrected chi connectivity index (χ1v) is 12.1. The molecule has 2 fully saturated rings. The van der Waals surface area contributed by atoms with Gasteiger partial charge in [0.25, 0.3) is 0 Å². The van der Waals surface area contributed by atoms with Crippen LogP contribution in [0.25, 0.3) is 0 Å². The van der Waals surface area contributed by atoms with Crippen molar-refractivity contribution in [3.63, 3.8) is 0 Å². The Kier molecular flexibility index (Phi) is 7.12. The second-order valence-corrected chi connectivity index (χ2v) is 9.87. The molecule has 0 radical (unpaired) electrons. The fraction of sp³-hybridized carbons (Fsp3) is 0.700. The van der Waals surface area contributed by atoms with Crippen molar-refractivity contribution in [3.05, 3.63) is 18.2 Å². The molecule has 2 saturated heterocycles. The van der Waals surface area contributed by atoms with Crippen LogP contribution in [0.5, 0.6) is 11.5 Å². The smallest absolute Gasteiger partial charge is 0.243 e. The van der Waals surface area contributed by atoms with Crippen LogP contribution in [0.15, 0.2) is 23.1 Å². The molecule has 30 heavy (non-hydrogen) atoms. The summed E-state index contributed by atoms with van der Waals surface area (Å²) in [5, 5.41) is 10.4. The molecule has 0 unspecified atom stereocenters. The Labute approximate surface area is 178 Å². The molecule has 1 aromatic rings. The minimum Gasteiger partial charge on any atom is -0.490 e. The largest absolute Gasteiger partial charge is 0.490 e. The van der Waals surface area contributed by atoms with Crippen molar-refractivity contribution in [1.82, 2.24) is 14.1 Å². The van der Waals surface area contributed by atoms with Gasteiger partial charge in [0.2, 0.25) is 10.0 Å². The normalized spacial score (nSPS) is 23.1. The number of aliphatic hydroxyl groups is 1. The van der Waals surface area contributed by atoms with E-state index in [4.69, 9.17) is 14.2 Å². The maximum absolute atomic E-state index is 13.1. The molecular weight excluding hydrogens is 410 g/mol. The number of hydrogen-bond donors (Lipinski definition) is 1. The molecule has 1 aromatic carbocycles.